The predicted octanol–water partition coefficient (Wildman–Crippen LogP) is 5.42. The minimum absolute atomic E-state index is 0.460. The molecule has 0 bridgehead atoms. The number of halogens is 2. The van der Waals surface area contributed by atoms with E-state index >= 15 is 0 Å². The van der Waals surface area contributed by atoms with Crippen molar-refractivity contribution in [3.63, 3.8) is 0 Å². The molecule has 1 unspecified atom stereocenters. The Morgan fingerprint density at radius 2 is 2.00 bits per heavy atom. The fourth-order valence-electron chi connectivity index (χ4n) is 1.94. The van der Waals surface area contributed by atoms with Gasteiger partial charge in [0.2, 0.25) is 5.88 Å². The van der Waals surface area contributed by atoms with Crippen molar-refractivity contribution >= 4 is 29.0 Å². The first-order valence-electron chi connectivity index (χ1n) is 7.34. The SMILES string of the molecule is CCCCC(CC)COc1nc(NCC)c(Cl)cc1Cl. The second-order valence-corrected chi connectivity index (χ2v) is 5.68. The molecule has 0 spiro atoms. The van der Waals surface area contributed by atoms with Crippen LogP contribution < -0.4 is 10.1 Å². The van der Waals surface area contributed by atoms with Gasteiger partial charge in [0, 0.05) is 6.54 Å². The van der Waals surface area contributed by atoms with Crippen molar-refractivity contribution in [1.29, 1.82) is 0 Å². The molecule has 0 aliphatic carbocycles. The summed E-state index contributed by atoms with van der Waals surface area (Å²) in [6, 6.07) is 1.68. The van der Waals surface area contributed by atoms with Gasteiger partial charge in [-0.05, 0) is 25.3 Å². The molecular formula is C15H24Cl2N2O. The lowest BCUT2D eigenvalue weighted by Crippen LogP contribution is -2.12. The first-order chi connectivity index (χ1) is 9.62. The second kappa shape index (κ2) is 9.30. The standard InChI is InChI=1S/C15H24Cl2N2O/c1-4-7-8-11(5-2)10-20-15-13(17)9-12(16)14(19-15)18-6-3/h9,11H,4-8,10H2,1-3H3,(H,18,19). The van der Waals surface area contributed by atoms with E-state index in [2.05, 4.69) is 24.1 Å². The third-order valence-electron chi connectivity index (χ3n) is 3.24. The first-order valence-corrected chi connectivity index (χ1v) is 8.10. The zero-order valence-electron chi connectivity index (χ0n) is 12.5. The Balaban J connectivity index is 2.68. The Bertz CT molecular complexity index is 413. The van der Waals surface area contributed by atoms with Crippen LogP contribution in [0.15, 0.2) is 6.07 Å². The summed E-state index contributed by atoms with van der Waals surface area (Å²) < 4.78 is 5.79. The van der Waals surface area contributed by atoms with Crippen molar-refractivity contribution < 1.29 is 4.74 Å². The fourth-order valence-corrected chi connectivity index (χ4v) is 2.42. The Hall–Kier alpha value is -0.670. The largest absolute Gasteiger partial charge is 0.476 e. The van der Waals surface area contributed by atoms with Crippen LogP contribution >= 0.6 is 23.2 Å². The van der Waals surface area contributed by atoms with Crippen LogP contribution in [0.3, 0.4) is 0 Å². The average molecular weight is 319 g/mol. The molecule has 20 heavy (non-hydrogen) atoms. The third kappa shape index (κ3) is 5.37. The van der Waals surface area contributed by atoms with E-state index < -0.39 is 0 Å². The van der Waals surface area contributed by atoms with Gasteiger partial charge in [0.15, 0.2) is 0 Å². The van der Waals surface area contributed by atoms with Crippen LogP contribution in [0, 0.1) is 5.92 Å². The molecular weight excluding hydrogens is 295 g/mol. The molecule has 0 fully saturated rings. The molecule has 0 aliphatic rings. The van der Waals surface area contributed by atoms with Gasteiger partial charge in [-0.1, -0.05) is 56.3 Å². The lowest BCUT2D eigenvalue weighted by Gasteiger charge is -2.16. The van der Waals surface area contributed by atoms with Crippen molar-refractivity contribution in [3.05, 3.63) is 16.1 Å². The van der Waals surface area contributed by atoms with Crippen molar-refractivity contribution in [1.82, 2.24) is 4.98 Å². The van der Waals surface area contributed by atoms with Gasteiger partial charge in [0.25, 0.3) is 0 Å². The minimum Gasteiger partial charge on any atom is -0.476 e. The van der Waals surface area contributed by atoms with Crippen LogP contribution in [0.1, 0.15) is 46.5 Å². The highest BCUT2D eigenvalue weighted by molar-refractivity contribution is 6.36. The minimum atomic E-state index is 0.460. The number of unbranched alkanes of at least 4 members (excludes halogenated alkanes) is 1. The summed E-state index contributed by atoms with van der Waals surface area (Å²) in [6.07, 6.45) is 4.72. The van der Waals surface area contributed by atoms with E-state index in [0.29, 0.717) is 34.3 Å². The van der Waals surface area contributed by atoms with E-state index in [1.165, 1.54) is 19.3 Å². The molecule has 0 aromatic carbocycles. The molecule has 0 aliphatic heterocycles. The van der Waals surface area contributed by atoms with E-state index in [9.17, 15) is 0 Å². The molecule has 0 radical (unpaired) electrons. The first kappa shape index (κ1) is 17.4. The van der Waals surface area contributed by atoms with Gasteiger partial charge < -0.3 is 10.1 Å². The van der Waals surface area contributed by atoms with Crippen LogP contribution in [-0.2, 0) is 0 Å². The van der Waals surface area contributed by atoms with Gasteiger partial charge in [0.1, 0.15) is 10.8 Å². The summed E-state index contributed by atoms with van der Waals surface area (Å²) in [5.41, 5.74) is 0. The molecule has 5 heteroatoms. The Morgan fingerprint density at radius 1 is 1.25 bits per heavy atom. The summed E-state index contributed by atoms with van der Waals surface area (Å²) in [7, 11) is 0. The summed E-state index contributed by atoms with van der Waals surface area (Å²) in [4.78, 5) is 4.35. The van der Waals surface area contributed by atoms with E-state index in [1.54, 1.807) is 6.07 Å². The quantitative estimate of drug-likeness (QED) is 0.660. The number of anilines is 1. The fraction of sp³-hybridized carbons (Fsp3) is 0.667. The zero-order chi connectivity index (χ0) is 15.0. The predicted molar refractivity (Wildman–Crippen MR) is 87.2 cm³/mol. The molecule has 1 aromatic rings. The molecule has 0 saturated heterocycles. The monoisotopic (exact) mass is 318 g/mol. The van der Waals surface area contributed by atoms with Gasteiger partial charge in [-0.25, -0.2) is 0 Å². The Kier molecular flexibility index (Phi) is 8.08. The summed E-state index contributed by atoms with van der Waals surface area (Å²) >= 11 is 12.2. The highest BCUT2D eigenvalue weighted by Gasteiger charge is 2.12. The van der Waals surface area contributed by atoms with Crippen LogP contribution in [0.4, 0.5) is 5.82 Å². The third-order valence-corrected chi connectivity index (χ3v) is 3.80. The summed E-state index contributed by atoms with van der Waals surface area (Å²) in [5, 5.41) is 4.07. The molecule has 0 saturated carbocycles. The number of hydrogen-bond donors (Lipinski definition) is 1. The topological polar surface area (TPSA) is 34.1 Å². The number of ether oxygens (including phenoxy) is 1. The van der Waals surface area contributed by atoms with E-state index in [-0.39, 0.29) is 0 Å². The average Bonchev–Trinajstić information content (AvgIpc) is 2.43. The maximum atomic E-state index is 6.13. The van der Waals surface area contributed by atoms with E-state index in [0.717, 1.165) is 13.0 Å². The Labute approximate surface area is 132 Å². The van der Waals surface area contributed by atoms with Crippen molar-refractivity contribution in [3.8, 4) is 5.88 Å². The number of nitrogens with one attached hydrogen (secondary N) is 1. The number of aromatic nitrogens is 1. The zero-order valence-corrected chi connectivity index (χ0v) is 14.0. The van der Waals surface area contributed by atoms with Crippen molar-refractivity contribution in [2.75, 3.05) is 18.5 Å². The van der Waals surface area contributed by atoms with Gasteiger partial charge in [-0.3, -0.25) is 0 Å². The van der Waals surface area contributed by atoms with Crippen LogP contribution in [0.2, 0.25) is 10.0 Å². The molecule has 114 valence electrons. The van der Waals surface area contributed by atoms with Gasteiger partial charge in [-0.2, -0.15) is 4.98 Å². The molecule has 1 aromatic heterocycles. The number of nitrogens with zero attached hydrogens (tertiary/aromatic N) is 1. The van der Waals surface area contributed by atoms with Gasteiger partial charge in [-0.15, -0.1) is 0 Å². The summed E-state index contributed by atoms with van der Waals surface area (Å²) in [5.74, 6) is 1.63. The molecule has 0 amide bonds. The normalized spacial score (nSPS) is 12.2. The van der Waals surface area contributed by atoms with Crippen LogP contribution in [-0.4, -0.2) is 18.1 Å². The number of rotatable bonds is 9. The Morgan fingerprint density at radius 3 is 2.60 bits per heavy atom. The lowest BCUT2D eigenvalue weighted by atomic mass is 10.0. The van der Waals surface area contributed by atoms with E-state index in [1.807, 2.05) is 6.92 Å². The molecule has 3 nitrogen and oxygen atoms in total. The van der Waals surface area contributed by atoms with Crippen molar-refractivity contribution in [2.24, 2.45) is 5.92 Å². The number of pyridine rings is 1. The molecule has 1 atom stereocenters. The maximum absolute atomic E-state index is 6.13. The smallest absolute Gasteiger partial charge is 0.234 e. The highest BCUT2D eigenvalue weighted by atomic mass is 35.5. The summed E-state index contributed by atoms with van der Waals surface area (Å²) in [6.45, 7) is 7.78. The van der Waals surface area contributed by atoms with Crippen LogP contribution in [0.25, 0.3) is 0 Å². The van der Waals surface area contributed by atoms with Crippen molar-refractivity contribution in [2.45, 2.75) is 46.5 Å². The molecule has 1 heterocycles. The molecule has 1 rings (SSSR count). The molecule has 1 N–H and O–H groups in total. The second-order valence-electron chi connectivity index (χ2n) is 4.86. The van der Waals surface area contributed by atoms with Crippen LogP contribution in [0.5, 0.6) is 5.88 Å². The van der Waals surface area contributed by atoms with E-state index in [4.69, 9.17) is 27.9 Å². The lowest BCUT2D eigenvalue weighted by molar-refractivity contribution is 0.226. The highest BCUT2D eigenvalue weighted by Crippen LogP contribution is 2.31. The van der Waals surface area contributed by atoms with Gasteiger partial charge >= 0.3 is 0 Å². The number of hydrogen-bond acceptors (Lipinski definition) is 3. The maximum Gasteiger partial charge on any atom is 0.234 e. The van der Waals surface area contributed by atoms with Gasteiger partial charge in [0.05, 0.1) is 11.6 Å².